The highest BCUT2D eigenvalue weighted by Crippen LogP contribution is 2.28. The van der Waals surface area contributed by atoms with Crippen LogP contribution in [0.5, 0.6) is 5.75 Å². The van der Waals surface area contributed by atoms with E-state index in [9.17, 15) is 4.79 Å². The lowest BCUT2D eigenvalue weighted by atomic mass is 10.2. The summed E-state index contributed by atoms with van der Waals surface area (Å²) in [4.78, 5) is 18.9. The Balaban J connectivity index is 1.75. The number of amides is 1. The Labute approximate surface area is 165 Å². The maximum absolute atomic E-state index is 12.6. The van der Waals surface area contributed by atoms with Crippen molar-refractivity contribution in [3.8, 4) is 5.75 Å². The largest absolute Gasteiger partial charge is 0.495 e. The number of hydrogen-bond donors (Lipinski definition) is 2. The van der Waals surface area contributed by atoms with Crippen LogP contribution in [0.3, 0.4) is 0 Å². The van der Waals surface area contributed by atoms with Crippen molar-refractivity contribution in [1.82, 2.24) is 4.98 Å². The Morgan fingerprint density at radius 1 is 1.04 bits per heavy atom. The Hall–Kier alpha value is -3.54. The number of nitrogens with one attached hydrogen (secondary N) is 2. The van der Waals surface area contributed by atoms with Gasteiger partial charge in [0.2, 0.25) is 0 Å². The summed E-state index contributed by atoms with van der Waals surface area (Å²) in [5.74, 6) is 1.09. The molecule has 0 saturated heterocycles. The number of pyridine rings is 1. The highest BCUT2D eigenvalue weighted by atomic mass is 16.5. The molecule has 3 aromatic rings. The zero-order valence-electron chi connectivity index (χ0n) is 16.5. The number of benzene rings is 2. The fraction of sp³-hybridized carbons (Fsp3) is 0.182. The van der Waals surface area contributed by atoms with Crippen LogP contribution < -0.4 is 20.3 Å². The first kappa shape index (κ1) is 19.2. The lowest BCUT2D eigenvalue weighted by Gasteiger charge is -2.13. The third-order valence-electron chi connectivity index (χ3n) is 4.28. The van der Waals surface area contributed by atoms with Crippen LogP contribution in [0.4, 0.5) is 22.9 Å². The van der Waals surface area contributed by atoms with E-state index in [1.165, 1.54) is 0 Å². The van der Waals surface area contributed by atoms with Gasteiger partial charge in [-0.25, -0.2) is 4.98 Å². The molecule has 28 heavy (non-hydrogen) atoms. The zero-order valence-corrected chi connectivity index (χ0v) is 16.5. The van der Waals surface area contributed by atoms with Crippen LogP contribution in [0.25, 0.3) is 0 Å². The zero-order chi connectivity index (χ0) is 20.1. The summed E-state index contributed by atoms with van der Waals surface area (Å²) in [6.07, 6.45) is 1.61. The van der Waals surface area contributed by atoms with Crippen molar-refractivity contribution >= 4 is 28.8 Å². The smallest absolute Gasteiger partial charge is 0.255 e. The average molecular weight is 376 g/mol. The van der Waals surface area contributed by atoms with E-state index in [1.54, 1.807) is 25.4 Å². The van der Waals surface area contributed by atoms with Crippen molar-refractivity contribution in [2.45, 2.75) is 6.92 Å². The van der Waals surface area contributed by atoms with E-state index >= 15 is 0 Å². The van der Waals surface area contributed by atoms with Crippen LogP contribution in [0, 0.1) is 6.92 Å². The number of hydrogen-bond acceptors (Lipinski definition) is 5. The standard InChI is InChI=1S/C22H24N4O2/c1-15-5-10-20(28-4)19(13-15)25-21-14-16(11-12-23-21)22(27)24-17-6-8-18(9-7-17)26(2)3/h5-14H,1-4H3,(H,23,25)(H,24,27). The monoisotopic (exact) mass is 376 g/mol. The third kappa shape index (κ3) is 4.59. The van der Waals surface area contributed by atoms with Crippen molar-refractivity contribution in [1.29, 1.82) is 0 Å². The van der Waals surface area contributed by atoms with E-state index in [4.69, 9.17) is 4.74 Å². The maximum Gasteiger partial charge on any atom is 0.255 e. The lowest BCUT2D eigenvalue weighted by molar-refractivity contribution is 0.102. The van der Waals surface area contributed by atoms with Gasteiger partial charge in [-0.1, -0.05) is 6.07 Å². The van der Waals surface area contributed by atoms with Gasteiger partial charge in [0.1, 0.15) is 11.6 Å². The molecule has 0 aliphatic heterocycles. The van der Waals surface area contributed by atoms with E-state index in [0.717, 1.165) is 22.6 Å². The summed E-state index contributed by atoms with van der Waals surface area (Å²) in [5, 5.41) is 6.13. The number of carbonyl (C=O) groups is 1. The summed E-state index contributed by atoms with van der Waals surface area (Å²) < 4.78 is 5.38. The van der Waals surface area contributed by atoms with Crippen LogP contribution >= 0.6 is 0 Å². The molecule has 1 amide bonds. The molecule has 1 heterocycles. The molecule has 3 rings (SSSR count). The SMILES string of the molecule is COc1ccc(C)cc1Nc1cc(C(=O)Nc2ccc(N(C)C)cc2)ccn1. The van der Waals surface area contributed by atoms with Gasteiger partial charge in [-0.2, -0.15) is 0 Å². The topological polar surface area (TPSA) is 66.5 Å². The molecule has 0 atom stereocenters. The quantitative estimate of drug-likeness (QED) is 0.665. The van der Waals surface area contributed by atoms with Gasteiger partial charge in [0, 0.05) is 37.2 Å². The molecule has 0 saturated carbocycles. The van der Waals surface area contributed by atoms with Crippen molar-refractivity contribution < 1.29 is 9.53 Å². The third-order valence-corrected chi connectivity index (χ3v) is 4.28. The predicted octanol–water partition coefficient (Wildman–Crippen LogP) is 4.46. The molecule has 6 nitrogen and oxygen atoms in total. The number of aromatic nitrogens is 1. The molecule has 0 aliphatic rings. The molecule has 0 bridgehead atoms. The number of rotatable bonds is 6. The number of methoxy groups -OCH3 is 1. The second-order valence-electron chi connectivity index (χ2n) is 6.65. The summed E-state index contributed by atoms with van der Waals surface area (Å²) in [6.45, 7) is 2.00. The summed E-state index contributed by atoms with van der Waals surface area (Å²) >= 11 is 0. The first-order valence-corrected chi connectivity index (χ1v) is 8.93. The van der Waals surface area contributed by atoms with Crippen LogP contribution in [0.1, 0.15) is 15.9 Å². The van der Waals surface area contributed by atoms with E-state index in [0.29, 0.717) is 17.1 Å². The van der Waals surface area contributed by atoms with E-state index in [1.807, 2.05) is 68.4 Å². The second kappa shape index (κ2) is 8.43. The van der Waals surface area contributed by atoms with E-state index < -0.39 is 0 Å². The van der Waals surface area contributed by atoms with Crippen molar-refractivity contribution in [2.75, 3.05) is 36.7 Å². The first-order valence-electron chi connectivity index (χ1n) is 8.93. The van der Waals surface area contributed by atoms with Gasteiger partial charge in [-0.05, 0) is 61.0 Å². The second-order valence-corrected chi connectivity index (χ2v) is 6.65. The highest BCUT2D eigenvalue weighted by molar-refractivity contribution is 6.04. The van der Waals surface area contributed by atoms with Crippen molar-refractivity contribution in [3.63, 3.8) is 0 Å². The van der Waals surface area contributed by atoms with Gasteiger partial charge in [-0.15, -0.1) is 0 Å². The Morgan fingerprint density at radius 2 is 1.79 bits per heavy atom. The Kier molecular flexibility index (Phi) is 5.79. The van der Waals surface area contributed by atoms with Gasteiger partial charge in [-0.3, -0.25) is 4.79 Å². The number of anilines is 4. The molecular weight excluding hydrogens is 352 g/mol. The number of ether oxygens (including phenoxy) is 1. The fourth-order valence-electron chi connectivity index (χ4n) is 2.74. The molecule has 2 aromatic carbocycles. The van der Waals surface area contributed by atoms with Gasteiger partial charge in [0.15, 0.2) is 0 Å². The maximum atomic E-state index is 12.6. The molecule has 0 spiro atoms. The minimum absolute atomic E-state index is 0.195. The Bertz CT molecular complexity index is 969. The summed E-state index contributed by atoms with van der Waals surface area (Å²) in [5.41, 5.74) is 4.22. The highest BCUT2D eigenvalue weighted by Gasteiger charge is 2.10. The number of nitrogens with zero attached hydrogens (tertiary/aromatic N) is 2. The fourth-order valence-corrected chi connectivity index (χ4v) is 2.74. The minimum atomic E-state index is -0.195. The van der Waals surface area contributed by atoms with Crippen LogP contribution in [0.15, 0.2) is 60.8 Å². The van der Waals surface area contributed by atoms with Crippen LogP contribution in [-0.2, 0) is 0 Å². The summed E-state index contributed by atoms with van der Waals surface area (Å²) in [7, 11) is 5.57. The van der Waals surface area contributed by atoms with Gasteiger partial charge in [0.25, 0.3) is 5.91 Å². The molecule has 0 unspecified atom stereocenters. The van der Waals surface area contributed by atoms with Crippen LogP contribution in [0.2, 0.25) is 0 Å². The molecule has 0 aliphatic carbocycles. The number of carbonyl (C=O) groups excluding carboxylic acids is 1. The molecule has 2 N–H and O–H groups in total. The molecule has 0 radical (unpaired) electrons. The normalized spacial score (nSPS) is 10.3. The average Bonchev–Trinajstić information content (AvgIpc) is 2.69. The number of aryl methyl sites for hydroxylation is 1. The van der Waals surface area contributed by atoms with E-state index in [-0.39, 0.29) is 5.91 Å². The van der Waals surface area contributed by atoms with Gasteiger partial charge in [0.05, 0.1) is 12.8 Å². The van der Waals surface area contributed by atoms with Crippen LogP contribution in [-0.4, -0.2) is 32.1 Å². The summed E-state index contributed by atoms with van der Waals surface area (Å²) in [6, 6.07) is 16.9. The Morgan fingerprint density at radius 3 is 2.46 bits per heavy atom. The molecular formula is C22H24N4O2. The van der Waals surface area contributed by atoms with E-state index in [2.05, 4.69) is 15.6 Å². The van der Waals surface area contributed by atoms with Gasteiger partial charge >= 0.3 is 0 Å². The molecule has 0 fully saturated rings. The molecule has 1 aromatic heterocycles. The minimum Gasteiger partial charge on any atom is -0.495 e. The lowest BCUT2D eigenvalue weighted by Crippen LogP contribution is -2.13. The van der Waals surface area contributed by atoms with Gasteiger partial charge < -0.3 is 20.3 Å². The van der Waals surface area contributed by atoms with Crippen molar-refractivity contribution in [2.24, 2.45) is 0 Å². The molecule has 144 valence electrons. The van der Waals surface area contributed by atoms with Crippen molar-refractivity contribution in [3.05, 3.63) is 71.9 Å². The predicted molar refractivity (Wildman–Crippen MR) is 114 cm³/mol. The first-order chi connectivity index (χ1) is 13.5. The molecule has 6 heteroatoms.